The summed E-state index contributed by atoms with van der Waals surface area (Å²) in [6.45, 7) is 0.484. The topological polar surface area (TPSA) is 35.2 Å². The van der Waals surface area contributed by atoms with E-state index in [1.54, 1.807) is 12.2 Å². The third kappa shape index (κ3) is 2.81. The van der Waals surface area contributed by atoms with E-state index in [1.807, 2.05) is 0 Å². The van der Waals surface area contributed by atoms with Crippen LogP contribution in [-0.4, -0.2) is 13.2 Å². The van der Waals surface area contributed by atoms with Crippen molar-refractivity contribution in [2.75, 3.05) is 13.2 Å². The van der Waals surface area contributed by atoms with Gasteiger partial charge in [-0.05, 0) is 12.1 Å². The van der Waals surface area contributed by atoms with Gasteiger partial charge in [0.1, 0.15) is 6.61 Å². The molecule has 0 saturated heterocycles. The summed E-state index contributed by atoms with van der Waals surface area (Å²) in [7, 11) is 0. The average Bonchev–Trinajstić information content (AvgIpc) is 2.16. The molecule has 2 N–H and O–H groups in total. The molecule has 0 aromatic heterocycles. The van der Waals surface area contributed by atoms with Crippen LogP contribution in [0.15, 0.2) is 30.4 Å². The van der Waals surface area contributed by atoms with Gasteiger partial charge in [-0.3, -0.25) is 0 Å². The highest BCUT2D eigenvalue weighted by molar-refractivity contribution is 5.26. The lowest BCUT2D eigenvalue weighted by atomic mass is 10.3. The number of hydrogen-bond donors (Lipinski definition) is 1. The van der Waals surface area contributed by atoms with E-state index in [2.05, 4.69) is 0 Å². The van der Waals surface area contributed by atoms with Crippen LogP contribution in [-0.2, 0) is 0 Å². The van der Waals surface area contributed by atoms with E-state index in [9.17, 15) is 8.78 Å². The van der Waals surface area contributed by atoms with Crippen LogP contribution in [0.25, 0.3) is 0 Å². The number of hydrogen-bond acceptors (Lipinski definition) is 2. The number of para-hydroxylation sites is 1. The van der Waals surface area contributed by atoms with Crippen LogP contribution >= 0.6 is 0 Å². The van der Waals surface area contributed by atoms with Crippen LogP contribution in [0.4, 0.5) is 8.78 Å². The lowest BCUT2D eigenvalue weighted by Gasteiger charge is -2.04. The summed E-state index contributed by atoms with van der Waals surface area (Å²) < 4.78 is 30.8. The molecule has 0 atom stereocenters. The van der Waals surface area contributed by atoms with Crippen LogP contribution < -0.4 is 10.5 Å². The van der Waals surface area contributed by atoms with E-state index >= 15 is 0 Å². The molecule has 0 aliphatic rings. The van der Waals surface area contributed by atoms with Crippen molar-refractivity contribution in [3.63, 3.8) is 0 Å². The smallest absolute Gasteiger partial charge is 0.191 e. The van der Waals surface area contributed by atoms with Gasteiger partial charge in [0.2, 0.25) is 0 Å². The molecule has 4 heteroatoms. The Bertz CT molecular complexity index is 306. The third-order valence-corrected chi connectivity index (χ3v) is 1.55. The zero-order valence-electron chi connectivity index (χ0n) is 7.54. The molecule has 0 fully saturated rings. The van der Waals surface area contributed by atoms with E-state index in [4.69, 9.17) is 10.5 Å². The summed E-state index contributed by atoms with van der Waals surface area (Å²) >= 11 is 0. The number of ether oxygens (including phenoxy) is 1. The first-order valence-electron chi connectivity index (χ1n) is 4.17. The number of nitrogens with two attached hydrogens (primary N) is 1. The summed E-state index contributed by atoms with van der Waals surface area (Å²) in [4.78, 5) is 0. The van der Waals surface area contributed by atoms with Gasteiger partial charge in [0.05, 0.1) is 0 Å². The molecule has 14 heavy (non-hydrogen) atoms. The Hall–Kier alpha value is -1.42. The molecule has 1 rings (SSSR count). The van der Waals surface area contributed by atoms with Crippen molar-refractivity contribution in [2.45, 2.75) is 0 Å². The van der Waals surface area contributed by atoms with Crippen molar-refractivity contribution in [3.8, 4) is 5.75 Å². The maximum Gasteiger partial charge on any atom is 0.191 e. The Labute approximate surface area is 81.0 Å². The van der Waals surface area contributed by atoms with Crippen molar-refractivity contribution < 1.29 is 13.5 Å². The summed E-state index contributed by atoms with van der Waals surface area (Å²) in [6.07, 6.45) is 3.25. The zero-order valence-corrected chi connectivity index (χ0v) is 7.54. The van der Waals surface area contributed by atoms with Crippen LogP contribution in [0, 0.1) is 11.6 Å². The van der Waals surface area contributed by atoms with Crippen molar-refractivity contribution in [1.29, 1.82) is 0 Å². The molecule has 0 spiro atoms. The molecule has 1 aromatic carbocycles. The Kier molecular flexibility index (Phi) is 4.07. The monoisotopic (exact) mass is 199 g/mol. The maximum absolute atomic E-state index is 12.9. The van der Waals surface area contributed by atoms with E-state index in [-0.39, 0.29) is 12.4 Å². The van der Waals surface area contributed by atoms with Crippen LogP contribution in [0.5, 0.6) is 5.75 Å². The normalized spacial score (nSPS) is 10.8. The standard InChI is InChI=1S/C10H11F2NO/c11-8-4-3-5-9(12)10(8)14-7-2-1-6-13/h1-5H,6-7,13H2/b2-1+. The first-order chi connectivity index (χ1) is 6.75. The summed E-state index contributed by atoms with van der Waals surface area (Å²) in [5, 5.41) is 0. The highest BCUT2D eigenvalue weighted by Crippen LogP contribution is 2.20. The number of halogens is 2. The fourth-order valence-electron chi connectivity index (χ4n) is 0.916. The van der Waals surface area contributed by atoms with Crippen LogP contribution in [0.3, 0.4) is 0 Å². The van der Waals surface area contributed by atoms with Gasteiger partial charge in [0.15, 0.2) is 17.4 Å². The van der Waals surface area contributed by atoms with Crippen molar-refractivity contribution in [2.24, 2.45) is 5.73 Å². The molecular formula is C10H11F2NO. The van der Waals surface area contributed by atoms with Crippen molar-refractivity contribution in [3.05, 3.63) is 42.0 Å². The summed E-state index contributed by atoms with van der Waals surface area (Å²) in [5.41, 5.74) is 5.18. The van der Waals surface area contributed by atoms with Gasteiger partial charge in [0.25, 0.3) is 0 Å². The fourth-order valence-corrected chi connectivity index (χ4v) is 0.916. The Balaban J connectivity index is 2.62. The number of benzene rings is 1. The van der Waals surface area contributed by atoms with E-state index in [0.717, 1.165) is 12.1 Å². The lowest BCUT2D eigenvalue weighted by molar-refractivity contribution is 0.320. The minimum atomic E-state index is -0.703. The minimum Gasteiger partial charge on any atom is -0.483 e. The Morgan fingerprint density at radius 2 is 1.86 bits per heavy atom. The number of rotatable bonds is 4. The molecule has 1 aromatic rings. The second-order valence-corrected chi connectivity index (χ2v) is 2.57. The molecule has 0 aliphatic heterocycles. The molecule has 0 saturated carbocycles. The summed E-state index contributed by atoms with van der Waals surface area (Å²) in [5.74, 6) is -1.76. The highest BCUT2D eigenvalue weighted by Gasteiger charge is 2.07. The molecule has 0 bridgehead atoms. The molecule has 0 radical (unpaired) electrons. The highest BCUT2D eigenvalue weighted by atomic mass is 19.1. The van der Waals surface area contributed by atoms with Gasteiger partial charge in [0, 0.05) is 6.54 Å². The molecule has 0 heterocycles. The lowest BCUT2D eigenvalue weighted by Crippen LogP contribution is -2.00. The molecule has 0 amide bonds. The first kappa shape index (κ1) is 10.7. The van der Waals surface area contributed by atoms with Gasteiger partial charge in [-0.15, -0.1) is 0 Å². The van der Waals surface area contributed by atoms with Gasteiger partial charge >= 0.3 is 0 Å². The van der Waals surface area contributed by atoms with Crippen molar-refractivity contribution >= 4 is 0 Å². The molecule has 0 unspecified atom stereocenters. The molecular weight excluding hydrogens is 188 g/mol. The summed E-state index contributed by atoms with van der Waals surface area (Å²) in [6, 6.07) is 3.57. The SMILES string of the molecule is NC/C=C/COc1c(F)cccc1F. The molecule has 0 aliphatic carbocycles. The van der Waals surface area contributed by atoms with E-state index in [0.29, 0.717) is 6.54 Å². The Morgan fingerprint density at radius 3 is 2.43 bits per heavy atom. The van der Waals surface area contributed by atoms with Gasteiger partial charge in [-0.25, -0.2) is 8.78 Å². The van der Waals surface area contributed by atoms with Gasteiger partial charge in [-0.1, -0.05) is 18.2 Å². The second-order valence-electron chi connectivity index (χ2n) is 2.57. The zero-order chi connectivity index (χ0) is 10.4. The third-order valence-electron chi connectivity index (χ3n) is 1.55. The van der Waals surface area contributed by atoms with Crippen molar-refractivity contribution in [1.82, 2.24) is 0 Å². The van der Waals surface area contributed by atoms with E-state index in [1.165, 1.54) is 6.07 Å². The largest absolute Gasteiger partial charge is 0.483 e. The second kappa shape index (κ2) is 5.34. The average molecular weight is 199 g/mol. The van der Waals surface area contributed by atoms with Gasteiger partial charge < -0.3 is 10.5 Å². The predicted molar refractivity (Wildman–Crippen MR) is 50.0 cm³/mol. The predicted octanol–water partition coefficient (Wildman–Crippen LogP) is 1.86. The Morgan fingerprint density at radius 1 is 1.21 bits per heavy atom. The first-order valence-corrected chi connectivity index (χ1v) is 4.17. The van der Waals surface area contributed by atoms with E-state index < -0.39 is 11.6 Å². The maximum atomic E-state index is 12.9. The quantitative estimate of drug-likeness (QED) is 0.751. The molecule has 2 nitrogen and oxygen atoms in total. The molecule has 76 valence electrons. The van der Waals surface area contributed by atoms with Gasteiger partial charge in [-0.2, -0.15) is 0 Å². The minimum absolute atomic E-state index is 0.106. The fraction of sp³-hybridized carbons (Fsp3) is 0.200. The van der Waals surface area contributed by atoms with Crippen LogP contribution in [0.2, 0.25) is 0 Å². The van der Waals surface area contributed by atoms with Crippen LogP contribution in [0.1, 0.15) is 0 Å².